The number of carbonyl (C=O) groups excluding carboxylic acids is 2. The minimum Gasteiger partial charge on any atom is -0.507 e. The van der Waals surface area contributed by atoms with E-state index in [-0.39, 0.29) is 17.4 Å². The van der Waals surface area contributed by atoms with Crippen molar-refractivity contribution in [1.82, 2.24) is 4.90 Å². The van der Waals surface area contributed by atoms with Gasteiger partial charge in [-0.05, 0) is 48.6 Å². The summed E-state index contributed by atoms with van der Waals surface area (Å²) in [4.78, 5) is 28.0. The zero-order valence-corrected chi connectivity index (χ0v) is 16.3. The summed E-state index contributed by atoms with van der Waals surface area (Å²) >= 11 is 1.46. The van der Waals surface area contributed by atoms with Crippen LogP contribution in [0.2, 0.25) is 0 Å². The van der Waals surface area contributed by atoms with Crippen LogP contribution in [-0.4, -0.2) is 48.1 Å². The molecule has 0 radical (unpaired) electrons. The number of amides is 1. The Bertz CT molecular complexity index is 897. The lowest BCUT2D eigenvalue weighted by molar-refractivity contribution is -0.140. The van der Waals surface area contributed by atoms with Crippen molar-refractivity contribution >= 4 is 28.8 Å². The molecule has 1 amide bonds. The molecule has 3 heterocycles. The number of ketones is 1. The van der Waals surface area contributed by atoms with Gasteiger partial charge in [-0.3, -0.25) is 9.59 Å². The zero-order chi connectivity index (χ0) is 19.7. The van der Waals surface area contributed by atoms with E-state index in [1.165, 1.54) is 11.3 Å². The van der Waals surface area contributed by atoms with E-state index in [0.29, 0.717) is 24.5 Å². The molecule has 2 aliphatic rings. The number of aliphatic hydroxyl groups is 1. The summed E-state index contributed by atoms with van der Waals surface area (Å²) in [5, 5.41) is 12.8. The van der Waals surface area contributed by atoms with Gasteiger partial charge in [-0.25, -0.2) is 0 Å². The van der Waals surface area contributed by atoms with E-state index in [1.54, 1.807) is 36.3 Å². The van der Waals surface area contributed by atoms with Gasteiger partial charge >= 0.3 is 0 Å². The Kier molecular flexibility index (Phi) is 5.19. The number of likely N-dealkylation sites (tertiary alicyclic amines) is 1. The Hall–Kier alpha value is -2.64. The quantitative estimate of drug-likeness (QED) is 0.474. The van der Waals surface area contributed by atoms with Crippen LogP contribution in [-0.2, 0) is 14.3 Å². The van der Waals surface area contributed by atoms with E-state index in [0.717, 1.165) is 17.7 Å². The molecule has 2 aliphatic heterocycles. The molecule has 1 aromatic heterocycles. The maximum atomic E-state index is 12.9. The van der Waals surface area contributed by atoms with Gasteiger partial charge in [0.25, 0.3) is 11.7 Å². The number of methoxy groups -OCH3 is 1. The van der Waals surface area contributed by atoms with Crippen molar-refractivity contribution in [3.8, 4) is 5.75 Å². The number of Topliss-reactive ketones (excluding diaryl/α,β-unsaturated/α-hetero) is 1. The van der Waals surface area contributed by atoms with Gasteiger partial charge < -0.3 is 19.5 Å². The molecule has 2 aromatic rings. The van der Waals surface area contributed by atoms with Crippen LogP contribution in [0.3, 0.4) is 0 Å². The Morgan fingerprint density at radius 1 is 1.29 bits per heavy atom. The van der Waals surface area contributed by atoms with Crippen LogP contribution in [0.25, 0.3) is 5.76 Å². The molecule has 2 atom stereocenters. The molecule has 7 heteroatoms. The van der Waals surface area contributed by atoms with Crippen molar-refractivity contribution in [2.24, 2.45) is 0 Å². The molecule has 2 unspecified atom stereocenters. The van der Waals surface area contributed by atoms with Gasteiger partial charge in [0.2, 0.25) is 0 Å². The van der Waals surface area contributed by atoms with Gasteiger partial charge in [-0.1, -0.05) is 6.07 Å². The highest BCUT2D eigenvalue weighted by molar-refractivity contribution is 7.10. The van der Waals surface area contributed by atoms with Gasteiger partial charge in [0.1, 0.15) is 11.5 Å². The minimum absolute atomic E-state index is 0.0818. The Balaban J connectivity index is 1.76. The average Bonchev–Trinajstić information content (AvgIpc) is 3.46. The first-order chi connectivity index (χ1) is 13.6. The highest BCUT2D eigenvalue weighted by Gasteiger charge is 2.47. The number of benzene rings is 1. The summed E-state index contributed by atoms with van der Waals surface area (Å²) in [5.41, 5.74) is 0.591. The molecule has 28 heavy (non-hydrogen) atoms. The van der Waals surface area contributed by atoms with Crippen molar-refractivity contribution < 1.29 is 24.2 Å². The van der Waals surface area contributed by atoms with Crippen molar-refractivity contribution in [3.05, 3.63) is 57.8 Å². The fraction of sp³-hybridized carbons (Fsp3) is 0.333. The van der Waals surface area contributed by atoms with Crippen molar-refractivity contribution in [2.75, 3.05) is 20.3 Å². The molecule has 1 N–H and O–H groups in total. The van der Waals surface area contributed by atoms with E-state index in [1.807, 2.05) is 17.5 Å². The first-order valence-corrected chi connectivity index (χ1v) is 10.1. The van der Waals surface area contributed by atoms with Crippen molar-refractivity contribution in [2.45, 2.75) is 25.0 Å². The first kappa shape index (κ1) is 18.7. The molecule has 0 saturated carbocycles. The normalized spacial score (nSPS) is 24.1. The molecule has 6 nitrogen and oxygen atoms in total. The number of hydrogen-bond acceptors (Lipinski definition) is 6. The van der Waals surface area contributed by atoms with Crippen LogP contribution in [0.4, 0.5) is 0 Å². The smallest absolute Gasteiger partial charge is 0.295 e. The van der Waals surface area contributed by atoms with E-state index in [4.69, 9.17) is 9.47 Å². The van der Waals surface area contributed by atoms with E-state index < -0.39 is 17.7 Å². The summed E-state index contributed by atoms with van der Waals surface area (Å²) in [5.74, 6) is -0.784. The van der Waals surface area contributed by atoms with Crippen LogP contribution in [0.15, 0.2) is 47.4 Å². The molecule has 4 rings (SSSR count). The molecular formula is C21H21NO5S. The second kappa shape index (κ2) is 7.77. The average molecular weight is 399 g/mol. The second-order valence-corrected chi connectivity index (χ2v) is 7.81. The predicted molar refractivity (Wildman–Crippen MR) is 105 cm³/mol. The fourth-order valence-electron chi connectivity index (χ4n) is 3.72. The summed E-state index contributed by atoms with van der Waals surface area (Å²) in [6.07, 6.45) is 1.73. The van der Waals surface area contributed by atoms with Crippen molar-refractivity contribution in [1.29, 1.82) is 0 Å². The van der Waals surface area contributed by atoms with E-state index in [2.05, 4.69) is 0 Å². The largest absolute Gasteiger partial charge is 0.507 e. The third kappa shape index (κ3) is 3.31. The number of aliphatic hydroxyl groups excluding tert-OH is 1. The minimum atomic E-state index is -0.662. The summed E-state index contributed by atoms with van der Waals surface area (Å²) in [6.45, 7) is 1.01. The molecule has 0 aliphatic carbocycles. The van der Waals surface area contributed by atoms with Gasteiger partial charge in [0, 0.05) is 23.6 Å². The van der Waals surface area contributed by atoms with Gasteiger partial charge in [0.15, 0.2) is 0 Å². The van der Waals surface area contributed by atoms with E-state index >= 15 is 0 Å². The SMILES string of the molecule is COc1ccc(C(O)=C2C(=O)C(=O)N(CC3CCCO3)C2c2cccs2)cc1. The number of rotatable bonds is 5. The molecule has 0 bridgehead atoms. The van der Waals surface area contributed by atoms with Gasteiger partial charge in [0.05, 0.1) is 24.8 Å². The van der Waals surface area contributed by atoms with Crippen LogP contribution in [0.5, 0.6) is 5.75 Å². The maximum absolute atomic E-state index is 12.9. The summed E-state index contributed by atoms with van der Waals surface area (Å²) < 4.78 is 10.8. The van der Waals surface area contributed by atoms with Crippen LogP contribution in [0.1, 0.15) is 29.3 Å². The third-order valence-electron chi connectivity index (χ3n) is 5.14. The number of nitrogens with zero attached hydrogens (tertiary/aromatic N) is 1. The van der Waals surface area contributed by atoms with E-state index in [9.17, 15) is 14.7 Å². The molecule has 146 valence electrons. The zero-order valence-electron chi connectivity index (χ0n) is 15.5. The van der Waals surface area contributed by atoms with Crippen LogP contribution < -0.4 is 4.74 Å². The van der Waals surface area contributed by atoms with Crippen LogP contribution >= 0.6 is 11.3 Å². The molecule has 2 saturated heterocycles. The predicted octanol–water partition coefficient (Wildman–Crippen LogP) is 3.36. The lowest BCUT2D eigenvalue weighted by Gasteiger charge is -2.26. The monoisotopic (exact) mass is 399 g/mol. The number of ether oxygens (including phenoxy) is 2. The lowest BCUT2D eigenvalue weighted by Crippen LogP contribution is -2.36. The molecule has 1 aromatic carbocycles. The number of carbonyl (C=O) groups is 2. The molecule has 2 fully saturated rings. The highest BCUT2D eigenvalue weighted by Crippen LogP contribution is 2.41. The van der Waals surface area contributed by atoms with Gasteiger partial charge in [-0.15, -0.1) is 11.3 Å². The Labute approximate surface area is 167 Å². The summed E-state index contributed by atoms with van der Waals surface area (Å²) in [7, 11) is 1.56. The fourth-order valence-corrected chi connectivity index (χ4v) is 4.57. The standard InChI is InChI=1S/C21H21NO5S/c1-26-14-8-6-13(7-9-14)19(23)17-18(16-5-3-11-28-16)22(21(25)20(17)24)12-15-4-2-10-27-15/h3,5-9,11,15,18,23H,2,4,10,12H2,1H3. The topological polar surface area (TPSA) is 76.1 Å². The maximum Gasteiger partial charge on any atom is 0.295 e. The van der Waals surface area contributed by atoms with Crippen LogP contribution in [0, 0.1) is 0 Å². The third-order valence-corrected chi connectivity index (χ3v) is 6.07. The van der Waals surface area contributed by atoms with Gasteiger partial charge in [-0.2, -0.15) is 0 Å². The Morgan fingerprint density at radius 3 is 2.68 bits per heavy atom. The summed E-state index contributed by atoms with van der Waals surface area (Å²) in [6, 6.07) is 9.91. The second-order valence-electron chi connectivity index (χ2n) is 6.83. The van der Waals surface area contributed by atoms with Crippen molar-refractivity contribution in [3.63, 3.8) is 0 Å². The Morgan fingerprint density at radius 2 is 2.07 bits per heavy atom. The molecule has 0 spiro atoms. The number of thiophene rings is 1. The number of hydrogen-bond donors (Lipinski definition) is 1. The lowest BCUT2D eigenvalue weighted by atomic mass is 9.99. The highest BCUT2D eigenvalue weighted by atomic mass is 32.1. The molecular weight excluding hydrogens is 378 g/mol. The first-order valence-electron chi connectivity index (χ1n) is 9.18.